The number of sulfone groups is 2. The van der Waals surface area contributed by atoms with E-state index in [-0.39, 0.29) is 47.0 Å². The largest absolute Gasteiger partial charge is 0.467 e. The second kappa shape index (κ2) is 22.3. The number of hydrogen-bond acceptors (Lipinski definition) is 14. The lowest BCUT2D eigenvalue weighted by molar-refractivity contribution is -0.385. The first-order chi connectivity index (χ1) is 28.1. The van der Waals surface area contributed by atoms with Crippen LogP contribution in [0.2, 0.25) is 0 Å². The molecule has 0 unspecified atom stereocenters. The maximum atomic E-state index is 13.0. The Morgan fingerprint density at radius 1 is 0.667 bits per heavy atom. The summed E-state index contributed by atoms with van der Waals surface area (Å²) < 4.78 is 55.0. The van der Waals surface area contributed by atoms with Crippen LogP contribution in [0.5, 0.6) is 0 Å². The predicted octanol–water partition coefficient (Wildman–Crippen LogP) is 5.16. The highest BCUT2D eigenvalue weighted by Gasteiger charge is 2.45. The number of unbranched alkanes of at least 4 members (excludes halogenated alkanes) is 2. The minimum Gasteiger partial charge on any atom is -0.467 e. The Kier molecular flexibility index (Phi) is 18.5. The van der Waals surface area contributed by atoms with E-state index in [0.717, 1.165) is 44.1 Å². The van der Waals surface area contributed by atoms with Gasteiger partial charge in [-0.2, -0.15) is 0 Å². The number of nitrogens with zero attached hydrogens (tertiary/aromatic N) is 2. The average molecular weight is 897 g/mol. The minimum absolute atomic E-state index is 0.0145. The van der Waals surface area contributed by atoms with Gasteiger partial charge in [-0.3, -0.25) is 25.0 Å². The molecule has 0 aliphatic heterocycles. The van der Waals surface area contributed by atoms with E-state index in [1.807, 2.05) is 0 Å². The molecular weight excluding hydrogens is 841 g/mol. The van der Waals surface area contributed by atoms with Crippen molar-refractivity contribution in [3.8, 4) is 0 Å². The van der Waals surface area contributed by atoms with Gasteiger partial charge in [-0.05, 0) is 62.5 Å². The molecule has 332 valence electrons. The number of hydrogen-bond donors (Lipinski definition) is 2. The molecule has 2 aromatic carbocycles. The fourth-order valence-electron chi connectivity index (χ4n) is 7.32. The molecule has 60 heavy (non-hydrogen) atoms. The number of methoxy groups -OCH3 is 2. The van der Waals surface area contributed by atoms with Gasteiger partial charge in [0, 0.05) is 72.0 Å². The normalized spacial score (nSPS) is 16.2. The number of ether oxygens (including phenoxy) is 2. The lowest BCUT2D eigenvalue weighted by Gasteiger charge is -2.43. The monoisotopic (exact) mass is 896 g/mol. The average Bonchev–Trinajstić information content (AvgIpc) is 3.15. The Labute approximate surface area is 356 Å². The summed E-state index contributed by atoms with van der Waals surface area (Å²) in [5.41, 5.74) is 0.543. The second-order valence-electron chi connectivity index (χ2n) is 15.8. The summed E-state index contributed by atoms with van der Waals surface area (Å²) in [5, 5.41) is 27.6. The third-order valence-corrected chi connectivity index (χ3v) is 13.8. The highest BCUT2D eigenvalue weighted by molar-refractivity contribution is 7.90. The molecule has 2 saturated carbocycles. The number of nitro benzene ring substituents is 2. The Bertz CT molecular complexity index is 1900. The van der Waals surface area contributed by atoms with Gasteiger partial charge >= 0.3 is 11.9 Å². The van der Waals surface area contributed by atoms with Crippen molar-refractivity contribution in [1.82, 2.24) is 10.6 Å². The molecule has 2 fully saturated rings. The lowest BCUT2D eigenvalue weighted by atomic mass is 9.65. The topological polar surface area (TPSA) is 248 Å². The number of thiocarbonyl (C=S) groups is 1. The number of carbonyl (C=O) groups excluding carboxylic acids is 3. The number of nitrogens with one attached hydrogen (secondary N) is 2. The fraction of sp³-hybridized carbons (Fsp3) is 0.600. The van der Waals surface area contributed by atoms with Crippen LogP contribution in [0, 0.1) is 31.1 Å². The van der Waals surface area contributed by atoms with Crippen LogP contribution in [0.25, 0.3) is 0 Å². The van der Waals surface area contributed by atoms with Crippen molar-refractivity contribution in [2.24, 2.45) is 10.8 Å². The molecule has 2 aromatic rings. The summed E-state index contributed by atoms with van der Waals surface area (Å²) in [6.07, 6.45) is 11.8. The second-order valence-corrected chi connectivity index (χ2v) is 20.7. The van der Waals surface area contributed by atoms with Crippen LogP contribution in [-0.4, -0.2) is 99.8 Å². The van der Waals surface area contributed by atoms with Crippen LogP contribution >= 0.6 is 12.2 Å². The van der Waals surface area contributed by atoms with Crippen LogP contribution in [-0.2, 0) is 56.4 Å². The highest BCUT2D eigenvalue weighted by Crippen LogP contribution is 2.47. The van der Waals surface area contributed by atoms with Crippen LogP contribution < -0.4 is 10.6 Å². The van der Waals surface area contributed by atoms with E-state index in [4.69, 9.17) is 21.7 Å². The van der Waals surface area contributed by atoms with E-state index in [9.17, 15) is 51.4 Å². The smallest absolute Gasteiger partial charge is 0.328 e. The summed E-state index contributed by atoms with van der Waals surface area (Å²) >= 11 is 5.65. The van der Waals surface area contributed by atoms with Crippen molar-refractivity contribution in [3.05, 3.63) is 79.9 Å². The van der Waals surface area contributed by atoms with Gasteiger partial charge in [0.1, 0.15) is 31.8 Å². The first-order valence-corrected chi connectivity index (χ1v) is 24.3. The molecule has 2 N–H and O–H groups in total. The zero-order valence-electron chi connectivity index (χ0n) is 34.5. The van der Waals surface area contributed by atoms with Gasteiger partial charge in [0.05, 0.1) is 29.1 Å². The molecular formula is C40H56N4O13S3. The van der Waals surface area contributed by atoms with Crippen molar-refractivity contribution in [3.63, 3.8) is 0 Å². The first kappa shape index (κ1) is 49.8. The number of carbonyl (C=O) groups is 3. The molecule has 0 spiro atoms. The molecule has 4 rings (SSSR count). The van der Waals surface area contributed by atoms with Crippen LogP contribution in [0.4, 0.5) is 11.4 Å². The lowest BCUT2D eigenvalue weighted by Crippen LogP contribution is -2.52. The van der Waals surface area contributed by atoms with Gasteiger partial charge in [0.15, 0.2) is 0 Å². The summed E-state index contributed by atoms with van der Waals surface area (Å²) in [6.45, 7) is 0. The molecule has 2 atom stereocenters. The number of benzene rings is 2. The van der Waals surface area contributed by atoms with Gasteiger partial charge in [-0.1, -0.05) is 62.2 Å². The van der Waals surface area contributed by atoms with Crippen LogP contribution in [0.15, 0.2) is 48.5 Å². The summed E-state index contributed by atoms with van der Waals surface area (Å²) in [6, 6.07) is 10.2. The number of amides is 1. The Morgan fingerprint density at radius 3 is 1.35 bits per heavy atom. The maximum Gasteiger partial charge on any atom is 0.328 e. The van der Waals surface area contributed by atoms with E-state index in [2.05, 4.69) is 10.6 Å². The molecule has 0 heterocycles. The van der Waals surface area contributed by atoms with Crippen molar-refractivity contribution >= 4 is 66.1 Å². The van der Waals surface area contributed by atoms with Gasteiger partial charge in [-0.25, -0.2) is 26.4 Å². The van der Waals surface area contributed by atoms with Crippen molar-refractivity contribution < 1.29 is 50.5 Å². The van der Waals surface area contributed by atoms with Crippen LogP contribution in [0.1, 0.15) is 88.2 Å². The summed E-state index contributed by atoms with van der Waals surface area (Å²) in [5.74, 6) is -1.02. The van der Waals surface area contributed by atoms with E-state index in [1.54, 1.807) is 24.3 Å². The quantitative estimate of drug-likeness (QED) is 0.0509. The van der Waals surface area contributed by atoms with Crippen molar-refractivity contribution in [2.75, 3.05) is 38.2 Å². The molecule has 17 nitrogen and oxygen atoms in total. The van der Waals surface area contributed by atoms with E-state index >= 15 is 0 Å². The zero-order valence-corrected chi connectivity index (χ0v) is 37.0. The summed E-state index contributed by atoms with van der Waals surface area (Å²) in [4.78, 5) is 58.7. The molecule has 20 heteroatoms. The third-order valence-electron chi connectivity index (χ3n) is 11.2. The number of rotatable bonds is 22. The Balaban J connectivity index is 0.000000320. The standard InChI is InChI=1S/C20H28N2O7S.C20H28N2O6S2/c1-29-18(23)17(14-15-6-8-16(9-7-15)22(25)26)21-19(24)20(11-5-12-20)10-3-4-13-30(2,27)28;1-28-18(23)17(14-15-6-8-16(9-7-15)22(24)25)21-19(29)20(11-5-12-20)10-3-4-13-30(2,26)27/h6-9,17H,3-5,10-14H2,1-2H3,(H,21,24);6-9,17H,3-5,10-14H2,1-2H3,(H,21,29)/t2*17-/m00/s1. The third kappa shape index (κ3) is 15.5. The van der Waals surface area contributed by atoms with Crippen molar-refractivity contribution in [1.29, 1.82) is 0 Å². The molecule has 0 saturated heterocycles. The maximum absolute atomic E-state index is 13.0. The Morgan fingerprint density at radius 2 is 1.03 bits per heavy atom. The van der Waals surface area contributed by atoms with Gasteiger partial charge in [-0.15, -0.1) is 0 Å². The predicted molar refractivity (Wildman–Crippen MR) is 229 cm³/mol. The van der Waals surface area contributed by atoms with Crippen LogP contribution in [0.3, 0.4) is 0 Å². The molecule has 0 bridgehead atoms. The molecule has 1 amide bonds. The van der Waals surface area contributed by atoms with Gasteiger partial charge in [0.2, 0.25) is 5.91 Å². The van der Waals surface area contributed by atoms with E-state index in [0.29, 0.717) is 49.1 Å². The minimum atomic E-state index is -3.03. The summed E-state index contributed by atoms with van der Waals surface area (Å²) in [7, 11) is -3.47. The van der Waals surface area contributed by atoms with Gasteiger partial charge < -0.3 is 20.1 Å². The van der Waals surface area contributed by atoms with E-state index in [1.165, 1.54) is 51.0 Å². The molecule has 2 aliphatic carbocycles. The molecule has 2 aliphatic rings. The van der Waals surface area contributed by atoms with Gasteiger partial charge in [0.25, 0.3) is 11.4 Å². The number of non-ortho nitro benzene ring substituents is 2. The zero-order chi connectivity index (χ0) is 44.7. The fourth-order valence-corrected chi connectivity index (χ4v) is 9.22. The SMILES string of the molecule is COC(=O)[C@H](Cc1ccc([N+](=O)[O-])cc1)NC(=O)C1(CCCCS(C)(=O)=O)CCC1.COC(=O)[C@H](Cc1ccc([N+](=O)[O-])cc1)NC(=S)C1(CCCCS(C)(=O)=O)CCC1. The van der Waals surface area contributed by atoms with Crippen molar-refractivity contribution in [2.45, 2.75) is 102 Å². The molecule has 0 aromatic heterocycles. The Hall–Kier alpha value is -4.56. The molecule has 0 radical (unpaired) electrons. The highest BCUT2D eigenvalue weighted by atomic mass is 32.2. The number of nitro groups is 2. The first-order valence-electron chi connectivity index (χ1n) is 19.7. The van der Waals surface area contributed by atoms with E-state index < -0.39 is 59.0 Å². The number of esters is 2.